The lowest BCUT2D eigenvalue weighted by Crippen LogP contribution is -1.97. The minimum absolute atomic E-state index is 0. The van der Waals surface area contributed by atoms with Crippen LogP contribution in [0.2, 0.25) is 0 Å². The van der Waals surface area contributed by atoms with Crippen molar-refractivity contribution >= 4 is 24.6 Å². The van der Waals surface area contributed by atoms with Gasteiger partial charge in [-0.1, -0.05) is 66.7 Å². The number of nitrogens with two attached hydrogens (primary N) is 1. The van der Waals surface area contributed by atoms with Gasteiger partial charge in [0.2, 0.25) is 0 Å². The van der Waals surface area contributed by atoms with Crippen LogP contribution in [0.4, 0.5) is 0 Å². The summed E-state index contributed by atoms with van der Waals surface area (Å²) in [6, 6.07) is 18.5. The summed E-state index contributed by atoms with van der Waals surface area (Å²) < 4.78 is 0. The number of halogens is 1. The SMILES string of the molecule is Cl.NCc1ccccc1C=Cc1ccccc1. The van der Waals surface area contributed by atoms with Crippen LogP contribution in [-0.4, -0.2) is 0 Å². The average Bonchev–Trinajstić information content (AvgIpc) is 2.38. The quantitative estimate of drug-likeness (QED) is 0.820. The summed E-state index contributed by atoms with van der Waals surface area (Å²) in [5, 5.41) is 0. The number of hydrogen-bond donors (Lipinski definition) is 1. The summed E-state index contributed by atoms with van der Waals surface area (Å²) in [4.78, 5) is 0. The van der Waals surface area contributed by atoms with Crippen LogP contribution in [0, 0.1) is 0 Å². The molecule has 0 amide bonds. The fraction of sp³-hybridized carbons (Fsp3) is 0.0667. The smallest absolute Gasteiger partial charge is 0.0184 e. The molecule has 2 rings (SSSR count). The van der Waals surface area contributed by atoms with Crippen molar-refractivity contribution in [3.8, 4) is 0 Å². The van der Waals surface area contributed by atoms with Gasteiger partial charge in [-0.15, -0.1) is 12.4 Å². The van der Waals surface area contributed by atoms with E-state index in [1.165, 1.54) is 16.7 Å². The Morgan fingerprint density at radius 3 is 2.18 bits per heavy atom. The van der Waals surface area contributed by atoms with Crippen LogP contribution in [0.5, 0.6) is 0 Å². The topological polar surface area (TPSA) is 26.0 Å². The minimum atomic E-state index is 0. The molecule has 0 spiro atoms. The number of rotatable bonds is 3. The molecule has 0 radical (unpaired) electrons. The second kappa shape index (κ2) is 6.89. The molecule has 0 aliphatic heterocycles. The molecule has 88 valence electrons. The molecule has 1 nitrogen and oxygen atoms in total. The molecule has 2 heteroatoms. The lowest BCUT2D eigenvalue weighted by Gasteiger charge is -2.01. The van der Waals surface area contributed by atoms with Crippen LogP contribution in [0.25, 0.3) is 12.2 Å². The number of hydrogen-bond acceptors (Lipinski definition) is 1. The Kier molecular flexibility index (Phi) is 5.47. The van der Waals surface area contributed by atoms with Crippen molar-refractivity contribution in [2.45, 2.75) is 6.54 Å². The van der Waals surface area contributed by atoms with Crippen molar-refractivity contribution in [3.05, 3.63) is 71.3 Å². The third kappa shape index (κ3) is 3.74. The van der Waals surface area contributed by atoms with Gasteiger partial charge in [0.05, 0.1) is 0 Å². The van der Waals surface area contributed by atoms with E-state index in [1.807, 2.05) is 30.3 Å². The molecule has 0 aliphatic rings. The van der Waals surface area contributed by atoms with E-state index in [0.717, 1.165) is 0 Å². The Morgan fingerprint density at radius 1 is 0.824 bits per heavy atom. The van der Waals surface area contributed by atoms with Gasteiger partial charge < -0.3 is 5.73 Å². The fourth-order valence-corrected chi connectivity index (χ4v) is 1.63. The summed E-state index contributed by atoms with van der Waals surface area (Å²) >= 11 is 0. The van der Waals surface area contributed by atoms with E-state index < -0.39 is 0 Å². The fourth-order valence-electron chi connectivity index (χ4n) is 1.63. The van der Waals surface area contributed by atoms with Crippen LogP contribution in [-0.2, 0) is 6.54 Å². The van der Waals surface area contributed by atoms with E-state index in [4.69, 9.17) is 5.73 Å². The van der Waals surface area contributed by atoms with Crippen molar-refractivity contribution in [2.24, 2.45) is 5.73 Å². The van der Waals surface area contributed by atoms with Gasteiger partial charge in [0.1, 0.15) is 0 Å². The molecule has 2 N–H and O–H groups in total. The molecular weight excluding hydrogens is 230 g/mol. The Balaban J connectivity index is 0.00000144. The molecule has 0 heterocycles. The Bertz CT molecular complexity index is 477. The highest BCUT2D eigenvalue weighted by Crippen LogP contribution is 2.12. The second-order valence-electron chi connectivity index (χ2n) is 3.65. The van der Waals surface area contributed by atoms with Crippen molar-refractivity contribution in [1.82, 2.24) is 0 Å². The predicted molar refractivity (Wildman–Crippen MR) is 77.0 cm³/mol. The summed E-state index contributed by atoms with van der Waals surface area (Å²) in [5.74, 6) is 0. The van der Waals surface area contributed by atoms with Crippen LogP contribution in [0.15, 0.2) is 54.6 Å². The summed E-state index contributed by atoms with van der Waals surface area (Å²) in [5.41, 5.74) is 9.25. The molecule has 0 fully saturated rings. The Morgan fingerprint density at radius 2 is 1.47 bits per heavy atom. The summed E-state index contributed by atoms with van der Waals surface area (Å²) in [6.45, 7) is 0.579. The van der Waals surface area contributed by atoms with E-state index in [1.54, 1.807) is 0 Å². The molecule has 0 bridgehead atoms. The van der Waals surface area contributed by atoms with E-state index in [-0.39, 0.29) is 12.4 Å². The normalized spacial score (nSPS) is 10.2. The van der Waals surface area contributed by atoms with Crippen LogP contribution >= 0.6 is 12.4 Å². The van der Waals surface area contributed by atoms with Crippen molar-refractivity contribution in [3.63, 3.8) is 0 Å². The lowest BCUT2D eigenvalue weighted by atomic mass is 10.1. The summed E-state index contributed by atoms with van der Waals surface area (Å²) in [7, 11) is 0. The molecule has 2 aromatic rings. The minimum Gasteiger partial charge on any atom is -0.326 e. The maximum Gasteiger partial charge on any atom is 0.0184 e. The molecule has 0 unspecified atom stereocenters. The molecule has 0 saturated heterocycles. The Labute approximate surface area is 108 Å². The first-order valence-electron chi connectivity index (χ1n) is 5.41. The zero-order chi connectivity index (χ0) is 11.2. The van der Waals surface area contributed by atoms with Gasteiger partial charge in [0, 0.05) is 6.54 Å². The zero-order valence-corrected chi connectivity index (χ0v) is 10.4. The highest BCUT2D eigenvalue weighted by atomic mass is 35.5. The highest BCUT2D eigenvalue weighted by molar-refractivity contribution is 5.85. The molecule has 0 atom stereocenters. The van der Waals surface area contributed by atoms with Gasteiger partial charge in [-0.05, 0) is 16.7 Å². The highest BCUT2D eigenvalue weighted by Gasteiger charge is 1.94. The third-order valence-corrected chi connectivity index (χ3v) is 2.53. The molecule has 2 aromatic carbocycles. The van der Waals surface area contributed by atoms with Crippen molar-refractivity contribution in [2.75, 3.05) is 0 Å². The van der Waals surface area contributed by atoms with Gasteiger partial charge in [0.25, 0.3) is 0 Å². The largest absolute Gasteiger partial charge is 0.326 e. The Hall–Kier alpha value is -1.57. The van der Waals surface area contributed by atoms with Gasteiger partial charge in [-0.2, -0.15) is 0 Å². The monoisotopic (exact) mass is 245 g/mol. The van der Waals surface area contributed by atoms with Crippen molar-refractivity contribution in [1.29, 1.82) is 0 Å². The zero-order valence-electron chi connectivity index (χ0n) is 9.54. The van der Waals surface area contributed by atoms with Gasteiger partial charge in [-0.3, -0.25) is 0 Å². The first-order valence-corrected chi connectivity index (χ1v) is 5.41. The van der Waals surface area contributed by atoms with E-state index in [9.17, 15) is 0 Å². The van der Waals surface area contributed by atoms with E-state index in [2.05, 4.69) is 36.4 Å². The average molecular weight is 246 g/mol. The standard InChI is InChI=1S/C15H15N.ClH/c16-12-15-9-5-4-8-14(15)11-10-13-6-2-1-3-7-13;/h1-11H,12,16H2;1H. The van der Waals surface area contributed by atoms with Gasteiger partial charge in [-0.25, -0.2) is 0 Å². The van der Waals surface area contributed by atoms with E-state index >= 15 is 0 Å². The predicted octanol–water partition coefficient (Wildman–Crippen LogP) is 3.74. The molecule has 17 heavy (non-hydrogen) atoms. The van der Waals surface area contributed by atoms with Crippen molar-refractivity contribution < 1.29 is 0 Å². The van der Waals surface area contributed by atoms with Crippen LogP contribution in [0.3, 0.4) is 0 Å². The summed E-state index contributed by atoms with van der Waals surface area (Å²) in [6.07, 6.45) is 4.21. The molecule has 0 aliphatic carbocycles. The van der Waals surface area contributed by atoms with Gasteiger partial charge in [0.15, 0.2) is 0 Å². The van der Waals surface area contributed by atoms with Gasteiger partial charge >= 0.3 is 0 Å². The van der Waals surface area contributed by atoms with E-state index in [0.29, 0.717) is 6.54 Å². The molecular formula is C15H16ClN. The number of benzene rings is 2. The maximum atomic E-state index is 5.69. The maximum absolute atomic E-state index is 5.69. The molecule has 0 aromatic heterocycles. The first-order chi connectivity index (χ1) is 7.90. The van der Waals surface area contributed by atoms with Crippen LogP contribution in [0.1, 0.15) is 16.7 Å². The second-order valence-corrected chi connectivity index (χ2v) is 3.65. The third-order valence-electron chi connectivity index (χ3n) is 2.53. The first kappa shape index (κ1) is 13.5. The lowest BCUT2D eigenvalue weighted by molar-refractivity contribution is 1.07. The van der Waals surface area contributed by atoms with Crippen LogP contribution < -0.4 is 5.73 Å². The molecule has 0 saturated carbocycles.